The molecule has 1 aromatic rings. The van der Waals surface area contributed by atoms with E-state index in [0.29, 0.717) is 5.82 Å². The van der Waals surface area contributed by atoms with Crippen molar-refractivity contribution in [3.63, 3.8) is 0 Å². The van der Waals surface area contributed by atoms with Gasteiger partial charge in [-0.15, -0.1) is 0 Å². The number of rotatable bonds is 5. The highest BCUT2D eigenvalue weighted by atomic mass is 19.4. The van der Waals surface area contributed by atoms with Crippen molar-refractivity contribution in [1.29, 1.82) is 0 Å². The Morgan fingerprint density at radius 2 is 2.00 bits per heavy atom. The van der Waals surface area contributed by atoms with Crippen LogP contribution in [0.25, 0.3) is 0 Å². The van der Waals surface area contributed by atoms with Gasteiger partial charge in [0.15, 0.2) is 0 Å². The van der Waals surface area contributed by atoms with Crippen LogP contribution in [-0.4, -0.2) is 31.6 Å². The second-order valence-corrected chi connectivity index (χ2v) is 4.44. The molecule has 98 valence electrons. The molecule has 0 bridgehead atoms. The van der Waals surface area contributed by atoms with Gasteiger partial charge in [0.1, 0.15) is 12.2 Å². The normalized spacial score (nSPS) is 15.9. The fourth-order valence-electron chi connectivity index (χ4n) is 1.58. The Labute approximate surface area is 97.5 Å². The SMILES string of the molecule is Cn1ncnc1CC(C)(O)CCCC(F)(F)F. The van der Waals surface area contributed by atoms with Gasteiger partial charge in [-0.05, 0) is 19.8 Å². The van der Waals surface area contributed by atoms with Crippen LogP contribution in [0.2, 0.25) is 0 Å². The van der Waals surface area contributed by atoms with E-state index in [1.54, 1.807) is 7.05 Å². The van der Waals surface area contributed by atoms with Crippen LogP contribution in [0.15, 0.2) is 6.33 Å². The molecule has 0 amide bonds. The van der Waals surface area contributed by atoms with Gasteiger partial charge >= 0.3 is 6.18 Å². The van der Waals surface area contributed by atoms with E-state index in [2.05, 4.69) is 10.1 Å². The zero-order valence-electron chi connectivity index (χ0n) is 9.83. The van der Waals surface area contributed by atoms with Gasteiger partial charge < -0.3 is 5.11 Å². The Morgan fingerprint density at radius 1 is 1.35 bits per heavy atom. The molecule has 0 saturated carbocycles. The fraction of sp³-hybridized carbons (Fsp3) is 0.800. The van der Waals surface area contributed by atoms with Crippen molar-refractivity contribution in [1.82, 2.24) is 14.8 Å². The minimum Gasteiger partial charge on any atom is -0.390 e. The van der Waals surface area contributed by atoms with E-state index < -0.39 is 18.2 Å². The van der Waals surface area contributed by atoms with E-state index in [4.69, 9.17) is 0 Å². The van der Waals surface area contributed by atoms with E-state index in [0.717, 1.165) is 0 Å². The monoisotopic (exact) mass is 251 g/mol. The van der Waals surface area contributed by atoms with Crippen molar-refractivity contribution in [2.45, 2.75) is 44.4 Å². The third-order valence-corrected chi connectivity index (χ3v) is 2.52. The highest BCUT2D eigenvalue weighted by Crippen LogP contribution is 2.26. The first-order valence-electron chi connectivity index (χ1n) is 5.32. The summed E-state index contributed by atoms with van der Waals surface area (Å²) in [5, 5.41) is 13.8. The Hall–Kier alpha value is -1.11. The van der Waals surface area contributed by atoms with Crippen LogP contribution in [-0.2, 0) is 13.5 Å². The molecule has 0 aromatic carbocycles. The summed E-state index contributed by atoms with van der Waals surface area (Å²) in [4.78, 5) is 3.93. The van der Waals surface area contributed by atoms with Gasteiger partial charge in [0.25, 0.3) is 0 Å². The number of halogens is 3. The number of hydrogen-bond donors (Lipinski definition) is 1. The number of aromatic nitrogens is 3. The molecule has 0 aliphatic carbocycles. The smallest absolute Gasteiger partial charge is 0.389 e. The molecule has 1 aromatic heterocycles. The first-order chi connectivity index (χ1) is 7.70. The van der Waals surface area contributed by atoms with E-state index in [1.807, 2.05) is 0 Å². The van der Waals surface area contributed by atoms with Crippen LogP contribution in [0.1, 0.15) is 32.0 Å². The molecular weight excluding hydrogens is 235 g/mol. The van der Waals surface area contributed by atoms with Crippen LogP contribution in [0.5, 0.6) is 0 Å². The highest BCUT2D eigenvalue weighted by Gasteiger charge is 2.29. The molecule has 0 aliphatic rings. The standard InChI is InChI=1S/C10H16F3N3O/c1-9(17,4-3-5-10(11,12)13)6-8-14-7-15-16(8)2/h7,17H,3-6H2,1-2H3. The molecule has 0 radical (unpaired) electrons. The second kappa shape index (κ2) is 5.03. The summed E-state index contributed by atoms with van der Waals surface area (Å²) >= 11 is 0. The van der Waals surface area contributed by atoms with E-state index >= 15 is 0 Å². The molecule has 7 heteroatoms. The quantitative estimate of drug-likeness (QED) is 0.868. The fourth-order valence-corrected chi connectivity index (χ4v) is 1.58. The lowest BCUT2D eigenvalue weighted by Gasteiger charge is -2.22. The van der Waals surface area contributed by atoms with Gasteiger partial charge in [-0.2, -0.15) is 18.3 Å². The van der Waals surface area contributed by atoms with Crippen molar-refractivity contribution in [3.8, 4) is 0 Å². The maximum absolute atomic E-state index is 12.0. The minimum atomic E-state index is -4.17. The van der Waals surface area contributed by atoms with Crippen LogP contribution in [0.3, 0.4) is 0 Å². The Balaban J connectivity index is 2.44. The number of alkyl halides is 3. The zero-order valence-corrected chi connectivity index (χ0v) is 9.83. The average Bonchev–Trinajstić information content (AvgIpc) is 2.48. The lowest BCUT2D eigenvalue weighted by molar-refractivity contribution is -0.137. The summed E-state index contributed by atoms with van der Waals surface area (Å²) in [6.07, 6.45) is -3.50. The lowest BCUT2D eigenvalue weighted by Crippen LogP contribution is -2.29. The lowest BCUT2D eigenvalue weighted by atomic mass is 9.95. The van der Waals surface area contributed by atoms with Gasteiger partial charge in [-0.25, -0.2) is 4.98 Å². The zero-order chi connectivity index (χ0) is 13.1. The largest absolute Gasteiger partial charge is 0.390 e. The van der Waals surface area contributed by atoms with Gasteiger partial charge in [-0.3, -0.25) is 4.68 Å². The van der Waals surface area contributed by atoms with Gasteiger partial charge in [0.05, 0.1) is 5.60 Å². The van der Waals surface area contributed by atoms with E-state index in [1.165, 1.54) is 17.9 Å². The molecular formula is C10H16F3N3O. The Morgan fingerprint density at radius 3 is 2.47 bits per heavy atom. The van der Waals surface area contributed by atoms with Gasteiger partial charge in [0, 0.05) is 19.9 Å². The summed E-state index contributed by atoms with van der Waals surface area (Å²) in [6.45, 7) is 1.51. The van der Waals surface area contributed by atoms with Gasteiger partial charge in [-0.1, -0.05) is 0 Å². The molecule has 1 rings (SSSR count). The van der Waals surface area contributed by atoms with Crippen LogP contribution in [0, 0.1) is 0 Å². The third kappa shape index (κ3) is 5.16. The van der Waals surface area contributed by atoms with Crippen molar-refractivity contribution in [2.24, 2.45) is 7.05 Å². The Bertz CT molecular complexity index is 360. The summed E-state index contributed by atoms with van der Waals surface area (Å²) in [6, 6.07) is 0. The highest BCUT2D eigenvalue weighted by molar-refractivity contribution is 4.92. The summed E-state index contributed by atoms with van der Waals surface area (Å²) in [5.41, 5.74) is -1.19. The number of nitrogens with zero attached hydrogens (tertiary/aromatic N) is 3. The summed E-state index contributed by atoms with van der Waals surface area (Å²) < 4.78 is 37.4. The van der Waals surface area contributed by atoms with Crippen LogP contribution >= 0.6 is 0 Å². The number of hydrogen-bond acceptors (Lipinski definition) is 3. The molecule has 0 saturated heterocycles. The maximum atomic E-state index is 12.0. The molecule has 1 atom stereocenters. The predicted molar refractivity (Wildman–Crippen MR) is 55.2 cm³/mol. The summed E-state index contributed by atoms with van der Waals surface area (Å²) in [5.74, 6) is 0.557. The minimum absolute atomic E-state index is 0.0827. The molecule has 0 spiro atoms. The predicted octanol–water partition coefficient (Wildman–Crippen LogP) is 1.84. The molecule has 0 aliphatic heterocycles. The molecule has 4 nitrogen and oxygen atoms in total. The topological polar surface area (TPSA) is 50.9 Å². The van der Waals surface area contributed by atoms with Crippen LogP contribution < -0.4 is 0 Å². The first-order valence-corrected chi connectivity index (χ1v) is 5.32. The number of aliphatic hydroxyl groups is 1. The van der Waals surface area contributed by atoms with Crippen molar-refractivity contribution in [3.05, 3.63) is 12.2 Å². The summed E-state index contributed by atoms with van der Waals surface area (Å²) in [7, 11) is 1.67. The van der Waals surface area contributed by atoms with Crippen molar-refractivity contribution >= 4 is 0 Å². The molecule has 0 fully saturated rings. The van der Waals surface area contributed by atoms with Crippen molar-refractivity contribution < 1.29 is 18.3 Å². The van der Waals surface area contributed by atoms with Crippen molar-refractivity contribution in [2.75, 3.05) is 0 Å². The Kier molecular flexibility index (Phi) is 4.13. The second-order valence-electron chi connectivity index (χ2n) is 4.44. The molecule has 1 N–H and O–H groups in total. The van der Waals surface area contributed by atoms with Gasteiger partial charge in [0.2, 0.25) is 0 Å². The average molecular weight is 251 g/mol. The maximum Gasteiger partial charge on any atom is 0.389 e. The van der Waals surface area contributed by atoms with E-state index in [-0.39, 0.29) is 19.3 Å². The number of aryl methyl sites for hydroxylation is 1. The molecule has 17 heavy (non-hydrogen) atoms. The van der Waals surface area contributed by atoms with Crippen LogP contribution in [0.4, 0.5) is 13.2 Å². The molecule has 1 heterocycles. The first kappa shape index (κ1) is 14.0. The molecule has 1 unspecified atom stereocenters. The third-order valence-electron chi connectivity index (χ3n) is 2.52. The van der Waals surface area contributed by atoms with E-state index in [9.17, 15) is 18.3 Å².